The maximum absolute atomic E-state index is 13.2. The van der Waals surface area contributed by atoms with Crippen molar-refractivity contribution in [3.63, 3.8) is 0 Å². The molecule has 2 N–H and O–H groups in total. The summed E-state index contributed by atoms with van der Waals surface area (Å²) >= 11 is 0. The highest BCUT2D eigenvalue weighted by Gasteiger charge is 2.31. The second kappa shape index (κ2) is 10.7. The van der Waals surface area contributed by atoms with Crippen LogP contribution in [-0.2, 0) is 12.7 Å². The summed E-state index contributed by atoms with van der Waals surface area (Å²) in [7, 11) is 0. The molecule has 0 spiro atoms. The molecule has 3 heterocycles. The van der Waals surface area contributed by atoms with Gasteiger partial charge in [0.2, 0.25) is 0 Å². The lowest BCUT2D eigenvalue weighted by Gasteiger charge is -2.36. The molecule has 0 saturated carbocycles. The molecule has 10 heteroatoms. The SMILES string of the molecule is Cc1[nH]c(-c2ccccc2)c(NC(=O)c2cnccn2)c1CN1CCN(c2cccc(C(F)(F)F)c2)CC1. The lowest BCUT2D eigenvalue weighted by atomic mass is 10.1. The van der Waals surface area contributed by atoms with Crippen molar-refractivity contribution >= 4 is 17.3 Å². The van der Waals surface area contributed by atoms with Gasteiger partial charge in [0.1, 0.15) is 5.69 Å². The van der Waals surface area contributed by atoms with Crippen LogP contribution >= 0.6 is 0 Å². The Bertz CT molecular complexity index is 1400. The van der Waals surface area contributed by atoms with Gasteiger partial charge in [-0.3, -0.25) is 14.7 Å². The molecule has 4 aromatic rings. The molecular formula is C28H27F3N6O. The fourth-order valence-corrected chi connectivity index (χ4v) is 4.68. The summed E-state index contributed by atoms with van der Waals surface area (Å²) in [5.74, 6) is -0.357. The average molecular weight is 521 g/mol. The molecule has 7 nitrogen and oxygen atoms in total. The summed E-state index contributed by atoms with van der Waals surface area (Å²) in [6.07, 6.45) is 0.0350. The van der Waals surface area contributed by atoms with Crippen molar-refractivity contribution in [2.45, 2.75) is 19.6 Å². The van der Waals surface area contributed by atoms with Crippen molar-refractivity contribution in [3.05, 3.63) is 95.7 Å². The number of nitrogens with one attached hydrogen (secondary N) is 2. The van der Waals surface area contributed by atoms with Crippen molar-refractivity contribution < 1.29 is 18.0 Å². The van der Waals surface area contributed by atoms with Crippen LogP contribution in [0.4, 0.5) is 24.5 Å². The second-order valence-corrected chi connectivity index (χ2v) is 9.20. The van der Waals surface area contributed by atoms with Crippen molar-refractivity contribution in [2.75, 3.05) is 36.4 Å². The number of halogens is 3. The molecule has 1 amide bonds. The first-order chi connectivity index (χ1) is 18.3. The van der Waals surface area contributed by atoms with Gasteiger partial charge in [0, 0.05) is 67.6 Å². The van der Waals surface area contributed by atoms with Crippen LogP contribution in [0.1, 0.15) is 27.3 Å². The molecule has 196 valence electrons. The molecule has 0 atom stereocenters. The molecule has 5 rings (SSSR count). The first-order valence-electron chi connectivity index (χ1n) is 12.3. The minimum absolute atomic E-state index is 0.214. The van der Waals surface area contributed by atoms with Gasteiger partial charge in [-0.05, 0) is 25.1 Å². The number of amides is 1. The van der Waals surface area contributed by atoms with Crippen molar-refractivity contribution in [2.24, 2.45) is 0 Å². The summed E-state index contributed by atoms with van der Waals surface area (Å²) in [5, 5.41) is 3.04. The number of carbonyl (C=O) groups excluding carboxylic acids is 1. The van der Waals surface area contributed by atoms with Gasteiger partial charge in [0.25, 0.3) is 5.91 Å². The summed E-state index contributed by atoms with van der Waals surface area (Å²) in [6.45, 7) is 5.06. The lowest BCUT2D eigenvalue weighted by Crippen LogP contribution is -2.46. The molecule has 1 saturated heterocycles. The number of rotatable bonds is 6. The number of carbonyl (C=O) groups is 1. The van der Waals surface area contributed by atoms with Gasteiger partial charge in [-0.2, -0.15) is 13.2 Å². The summed E-state index contributed by atoms with van der Waals surface area (Å²) in [5.41, 5.74) is 4.45. The fourth-order valence-electron chi connectivity index (χ4n) is 4.68. The van der Waals surface area contributed by atoms with Crippen LogP contribution < -0.4 is 10.2 Å². The molecule has 0 radical (unpaired) electrons. The van der Waals surface area contributed by atoms with E-state index in [9.17, 15) is 18.0 Å². The van der Waals surface area contributed by atoms with Crippen LogP contribution in [0.2, 0.25) is 0 Å². The number of hydrogen-bond donors (Lipinski definition) is 2. The van der Waals surface area contributed by atoms with Crippen LogP contribution in [0.25, 0.3) is 11.3 Å². The summed E-state index contributed by atoms with van der Waals surface area (Å²) in [6, 6.07) is 15.2. The van der Waals surface area contributed by atoms with Crippen molar-refractivity contribution in [1.29, 1.82) is 0 Å². The zero-order chi connectivity index (χ0) is 26.7. The Morgan fingerprint density at radius 3 is 2.47 bits per heavy atom. The highest BCUT2D eigenvalue weighted by molar-refractivity contribution is 6.05. The zero-order valence-corrected chi connectivity index (χ0v) is 20.8. The monoisotopic (exact) mass is 520 g/mol. The van der Waals surface area contributed by atoms with Gasteiger partial charge >= 0.3 is 6.18 Å². The van der Waals surface area contributed by atoms with Crippen molar-refractivity contribution in [1.82, 2.24) is 19.9 Å². The van der Waals surface area contributed by atoms with Crippen LogP contribution in [0.15, 0.2) is 73.2 Å². The predicted molar refractivity (Wildman–Crippen MR) is 140 cm³/mol. The van der Waals surface area contributed by atoms with Gasteiger partial charge in [0.15, 0.2) is 0 Å². The van der Waals surface area contributed by atoms with E-state index in [0.717, 1.165) is 28.6 Å². The lowest BCUT2D eigenvalue weighted by molar-refractivity contribution is -0.137. The normalized spacial score (nSPS) is 14.5. The van der Waals surface area contributed by atoms with Crippen LogP contribution in [-0.4, -0.2) is 51.9 Å². The third-order valence-corrected chi connectivity index (χ3v) is 6.71. The van der Waals surface area contributed by atoms with E-state index in [2.05, 4.69) is 25.2 Å². The number of anilines is 2. The van der Waals surface area contributed by atoms with E-state index in [4.69, 9.17) is 0 Å². The number of nitrogens with zero attached hydrogens (tertiary/aromatic N) is 4. The van der Waals surface area contributed by atoms with Gasteiger partial charge in [0.05, 0.1) is 23.1 Å². The molecule has 1 aliphatic rings. The minimum Gasteiger partial charge on any atom is -0.369 e. The maximum atomic E-state index is 13.2. The second-order valence-electron chi connectivity index (χ2n) is 9.20. The third kappa shape index (κ3) is 5.55. The van der Waals surface area contributed by atoms with Crippen molar-refractivity contribution in [3.8, 4) is 11.3 Å². The molecular weight excluding hydrogens is 493 g/mol. The van der Waals surface area contributed by atoms with Crippen LogP contribution in [0, 0.1) is 6.92 Å². The molecule has 38 heavy (non-hydrogen) atoms. The number of alkyl halides is 3. The smallest absolute Gasteiger partial charge is 0.369 e. The van der Waals surface area contributed by atoms with E-state index in [0.29, 0.717) is 44.1 Å². The third-order valence-electron chi connectivity index (χ3n) is 6.71. The summed E-state index contributed by atoms with van der Waals surface area (Å²) < 4.78 is 39.5. The number of aromatic amines is 1. The van der Waals surface area contributed by atoms with Gasteiger partial charge < -0.3 is 15.2 Å². The van der Waals surface area contributed by atoms with Crippen LogP contribution in [0.3, 0.4) is 0 Å². The quantitative estimate of drug-likeness (QED) is 0.357. The number of H-pyrrole nitrogens is 1. The highest BCUT2D eigenvalue weighted by atomic mass is 19.4. The van der Waals surface area contributed by atoms with Gasteiger partial charge in [-0.25, -0.2) is 4.98 Å². The highest BCUT2D eigenvalue weighted by Crippen LogP contribution is 2.35. The Morgan fingerprint density at radius 2 is 1.79 bits per heavy atom. The van der Waals surface area contributed by atoms with E-state index in [1.807, 2.05) is 42.2 Å². The predicted octanol–water partition coefficient (Wildman–Crippen LogP) is 5.37. The standard InChI is InChI=1S/C28H27F3N6O/c1-19-23(18-36-12-14-37(15-13-36)22-9-5-8-21(16-22)28(29,30)31)26(25(34-19)20-6-3-2-4-7-20)35-27(38)24-17-32-10-11-33-24/h2-11,16-17,34H,12-15,18H2,1H3,(H,35,38). The molecule has 1 aliphatic heterocycles. The number of piperazine rings is 1. The zero-order valence-electron chi connectivity index (χ0n) is 20.8. The molecule has 2 aromatic carbocycles. The number of benzene rings is 2. The van der Waals surface area contributed by atoms with E-state index in [-0.39, 0.29) is 11.6 Å². The number of aromatic nitrogens is 3. The van der Waals surface area contributed by atoms with Gasteiger partial charge in [-0.1, -0.05) is 36.4 Å². The van der Waals surface area contributed by atoms with E-state index in [1.165, 1.54) is 30.7 Å². The number of hydrogen-bond acceptors (Lipinski definition) is 5. The molecule has 1 fully saturated rings. The Labute approximate surface area is 218 Å². The first kappa shape index (κ1) is 25.5. The maximum Gasteiger partial charge on any atom is 0.416 e. The first-order valence-corrected chi connectivity index (χ1v) is 12.3. The summed E-state index contributed by atoms with van der Waals surface area (Å²) in [4.78, 5) is 28.8. The number of aryl methyl sites for hydroxylation is 1. The molecule has 0 unspecified atom stereocenters. The Kier molecular flexibility index (Phi) is 7.15. The van der Waals surface area contributed by atoms with Crippen LogP contribution in [0.5, 0.6) is 0 Å². The average Bonchev–Trinajstić information content (AvgIpc) is 3.24. The Balaban J connectivity index is 1.36. The Hall–Kier alpha value is -4.18. The minimum atomic E-state index is -4.37. The fraction of sp³-hybridized carbons (Fsp3) is 0.250. The molecule has 2 aromatic heterocycles. The largest absolute Gasteiger partial charge is 0.416 e. The van der Waals surface area contributed by atoms with E-state index in [1.54, 1.807) is 6.07 Å². The van der Waals surface area contributed by atoms with E-state index >= 15 is 0 Å². The topological polar surface area (TPSA) is 77.1 Å². The molecule has 0 aliphatic carbocycles. The molecule has 0 bridgehead atoms. The van der Waals surface area contributed by atoms with Gasteiger partial charge in [-0.15, -0.1) is 0 Å². The van der Waals surface area contributed by atoms with E-state index < -0.39 is 11.7 Å². The Morgan fingerprint density at radius 1 is 1.03 bits per heavy atom.